The number of hydrogen-bond acceptors (Lipinski definition) is 4. The van der Waals surface area contributed by atoms with E-state index in [1.807, 2.05) is 0 Å². The summed E-state index contributed by atoms with van der Waals surface area (Å²) < 4.78 is 28.1. The zero-order valence-electron chi connectivity index (χ0n) is 10.7. The minimum absolute atomic E-state index is 0.0707. The maximum Gasteiger partial charge on any atom is 0.261 e. The molecule has 0 bridgehead atoms. The molecule has 1 atom stereocenters. The third-order valence-electron chi connectivity index (χ3n) is 3.09. The molecule has 20 heavy (non-hydrogen) atoms. The number of amides is 1. The van der Waals surface area contributed by atoms with Crippen molar-refractivity contribution < 1.29 is 17.9 Å². The highest BCUT2D eigenvalue weighted by Crippen LogP contribution is 2.27. The summed E-state index contributed by atoms with van der Waals surface area (Å²) in [7, 11) is 1.39. The fourth-order valence-corrected chi connectivity index (χ4v) is 3.45. The Hall–Kier alpha value is -0.820. The van der Waals surface area contributed by atoms with Crippen molar-refractivity contribution in [2.45, 2.75) is 24.3 Å². The van der Waals surface area contributed by atoms with Crippen molar-refractivity contribution in [1.29, 1.82) is 0 Å². The molecule has 2 rings (SSSR count). The normalized spacial score (nSPS) is 19.1. The predicted octanol–water partition coefficient (Wildman–Crippen LogP) is 2.09. The maximum atomic E-state index is 12.1. The number of carbonyl (C=O) groups is 1. The lowest BCUT2D eigenvalue weighted by molar-refractivity contribution is 0.0929. The van der Waals surface area contributed by atoms with Gasteiger partial charge in [0.25, 0.3) is 15.0 Å². The number of hydrogen-bond donors (Lipinski definition) is 1. The molecule has 1 saturated heterocycles. The van der Waals surface area contributed by atoms with Crippen LogP contribution in [0.25, 0.3) is 0 Å². The monoisotopic (exact) mass is 337 g/mol. The first-order valence-corrected chi connectivity index (χ1v) is 8.61. The summed E-state index contributed by atoms with van der Waals surface area (Å²) in [6, 6.07) is 2.58. The van der Waals surface area contributed by atoms with E-state index in [4.69, 9.17) is 27.0 Å². The van der Waals surface area contributed by atoms with Gasteiger partial charge in [-0.3, -0.25) is 4.79 Å². The molecule has 1 aromatic rings. The maximum absolute atomic E-state index is 12.1. The molecule has 1 N–H and O–H groups in total. The van der Waals surface area contributed by atoms with E-state index in [2.05, 4.69) is 5.32 Å². The molecular weight excluding hydrogens is 325 g/mol. The first kappa shape index (κ1) is 15.6. The van der Waals surface area contributed by atoms with Crippen LogP contribution in [0.1, 0.15) is 22.3 Å². The van der Waals surface area contributed by atoms with Crippen molar-refractivity contribution in [3.63, 3.8) is 0 Å². The van der Waals surface area contributed by atoms with Gasteiger partial charge in [-0.25, -0.2) is 8.42 Å². The van der Waals surface area contributed by atoms with Gasteiger partial charge in [0.15, 0.2) is 0 Å². The van der Waals surface area contributed by atoms with Crippen molar-refractivity contribution in [3.8, 4) is 0 Å². The summed E-state index contributed by atoms with van der Waals surface area (Å²) in [5, 5.41) is 2.94. The first-order chi connectivity index (χ1) is 9.29. The van der Waals surface area contributed by atoms with E-state index < -0.39 is 15.0 Å². The van der Waals surface area contributed by atoms with E-state index in [9.17, 15) is 13.2 Å². The fraction of sp³-hybridized carbons (Fsp3) is 0.417. The van der Waals surface area contributed by atoms with E-state index in [1.165, 1.54) is 19.1 Å². The van der Waals surface area contributed by atoms with Gasteiger partial charge in [-0.2, -0.15) is 0 Å². The molecule has 1 aliphatic rings. The molecule has 1 fully saturated rings. The van der Waals surface area contributed by atoms with Gasteiger partial charge in [0.05, 0.1) is 17.5 Å². The van der Waals surface area contributed by atoms with E-state index in [0.717, 1.165) is 6.42 Å². The first-order valence-electron chi connectivity index (χ1n) is 5.92. The van der Waals surface area contributed by atoms with Crippen molar-refractivity contribution in [2.75, 3.05) is 13.2 Å². The molecule has 0 saturated carbocycles. The standard InChI is InChI=1S/C12H13Cl2NO4S/c1-7-10(13)4-8(5-11(7)20(14,17)18)12(16)15-9-2-3-19-6-9/h4-5,9H,2-3,6H2,1H3,(H,15,16). The molecule has 5 nitrogen and oxygen atoms in total. The second-order valence-electron chi connectivity index (χ2n) is 4.55. The summed E-state index contributed by atoms with van der Waals surface area (Å²) >= 11 is 5.96. The van der Waals surface area contributed by atoms with Crippen molar-refractivity contribution in [1.82, 2.24) is 5.32 Å². The Kier molecular flexibility index (Phi) is 4.59. The predicted molar refractivity (Wildman–Crippen MR) is 75.9 cm³/mol. The van der Waals surface area contributed by atoms with Gasteiger partial charge >= 0.3 is 0 Å². The van der Waals surface area contributed by atoms with Crippen LogP contribution in [-0.4, -0.2) is 33.6 Å². The van der Waals surface area contributed by atoms with Gasteiger partial charge < -0.3 is 10.1 Å². The van der Waals surface area contributed by atoms with Crippen LogP contribution in [0.4, 0.5) is 0 Å². The van der Waals surface area contributed by atoms with E-state index >= 15 is 0 Å². The SMILES string of the molecule is Cc1c(Cl)cc(C(=O)NC2CCOC2)cc1S(=O)(=O)Cl. The number of ether oxygens (including phenoxy) is 1. The Morgan fingerprint density at radius 1 is 1.45 bits per heavy atom. The Morgan fingerprint density at radius 2 is 2.15 bits per heavy atom. The molecule has 0 spiro atoms. The molecule has 0 aliphatic carbocycles. The molecule has 0 radical (unpaired) electrons. The van der Waals surface area contributed by atoms with Crippen LogP contribution in [0, 0.1) is 6.92 Å². The van der Waals surface area contributed by atoms with Crippen molar-refractivity contribution in [2.24, 2.45) is 0 Å². The third-order valence-corrected chi connectivity index (χ3v) is 4.93. The molecule has 1 heterocycles. The van der Waals surface area contributed by atoms with Crippen LogP contribution in [0.5, 0.6) is 0 Å². The van der Waals surface area contributed by atoms with Gasteiger partial charge in [0.1, 0.15) is 0 Å². The van der Waals surface area contributed by atoms with Gasteiger partial charge in [-0.05, 0) is 31.0 Å². The largest absolute Gasteiger partial charge is 0.379 e. The number of nitrogens with one attached hydrogen (secondary N) is 1. The topological polar surface area (TPSA) is 72.5 Å². The molecule has 8 heteroatoms. The molecular formula is C12H13Cl2NO4S. The minimum Gasteiger partial charge on any atom is -0.379 e. The highest BCUT2D eigenvalue weighted by atomic mass is 35.7. The molecule has 1 aromatic carbocycles. The average Bonchev–Trinajstić information content (AvgIpc) is 2.83. The molecule has 110 valence electrons. The second-order valence-corrected chi connectivity index (χ2v) is 7.49. The highest BCUT2D eigenvalue weighted by molar-refractivity contribution is 8.13. The van der Waals surface area contributed by atoms with Gasteiger partial charge in [0.2, 0.25) is 0 Å². The molecule has 1 aliphatic heterocycles. The van der Waals surface area contributed by atoms with Crippen LogP contribution in [-0.2, 0) is 13.8 Å². The molecule has 0 aromatic heterocycles. The van der Waals surface area contributed by atoms with Crippen LogP contribution in [0.2, 0.25) is 5.02 Å². The Labute approximate surface area is 126 Å². The number of carbonyl (C=O) groups excluding carboxylic acids is 1. The zero-order valence-corrected chi connectivity index (χ0v) is 13.0. The summed E-state index contributed by atoms with van der Waals surface area (Å²) in [6.45, 7) is 2.58. The summed E-state index contributed by atoms with van der Waals surface area (Å²) in [5.41, 5.74) is 0.481. The highest BCUT2D eigenvalue weighted by Gasteiger charge is 2.22. The summed E-state index contributed by atoms with van der Waals surface area (Å²) in [4.78, 5) is 11.9. The van der Waals surface area contributed by atoms with Gasteiger partial charge in [-0.1, -0.05) is 11.6 Å². The number of rotatable bonds is 3. The molecule has 1 unspecified atom stereocenters. The van der Waals surface area contributed by atoms with Crippen LogP contribution >= 0.6 is 22.3 Å². The summed E-state index contributed by atoms with van der Waals surface area (Å²) in [5.74, 6) is -0.399. The lowest BCUT2D eigenvalue weighted by Crippen LogP contribution is -2.35. The van der Waals surface area contributed by atoms with Gasteiger partial charge in [0, 0.05) is 27.9 Å². The van der Waals surface area contributed by atoms with E-state index in [0.29, 0.717) is 18.8 Å². The Balaban J connectivity index is 2.32. The Morgan fingerprint density at radius 3 is 2.70 bits per heavy atom. The van der Waals surface area contributed by atoms with Crippen LogP contribution in [0.3, 0.4) is 0 Å². The Bertz CT molecular complexity index is 639. The lowest BCUT2D eigenvalue weighted by atomic mass is 10.1. The third kappa shape index (κ3) is 3.44. The van der Waals surface area contributed by atoms with E-state index in [1.54, 1.807) is 0 Å². The van der Waals surface area contributed by atoms with Crippen LogP contribution < -0.4 is 5.32 Å². The average molecular weight is 338 g/mol. The second kappa shape index (κ2) is 5.89. The van der Waals surface area contributed by atoms with Gasteiger partial charge in [-0.15, -0.1) is 0 Å². The van der Waals surface area contributed by atoms with E-state index in [-0.39, 0.29) is 21.5 Å². The molecule has 1 amide bonds. The summed E-state index contributed by atoms with van der Waals surface area (Å²) in [6.07, 6.45) is 0.728. The number of benzene rings is 1. The smallest absolute Gasteiger partial charge is 0.261 e. The number of halogens is 2. The quantitative estimate of drug-likeness (QED) is 0.857. The van der Waals surface area contributed by atoms with Crippen molar-refractivity contribution >= 4 is 37.2 Å². The van der Waals surface area contributed by atoms with Crippen LogP contribution in [0.15, 0.2) is 17.0 Å². The fourth-order valence-electron chi connectivity index (χ4n) is 1.96. The minimum atomic E-state index is -3.96. The zero-order chi connectivity index (χ0) is 14.9. The lowest BCUT2D eigenvalue weighted by Gasteiger charge is -2.12. The van der Waals surface area contributed by atoms with Crippen molar-refractivity contribution in [3.05, 3.63) is 28.3 Å².